The number of carbonyl (C=O) groups excluding carboxylic acids is 1. The number of aromatic nitrogens is 3. The Morgan fingerprint density at radius 2 is 1.86 bits per heavy atom. The van der Waals surface area contributed by atoms with E-state index in [0.717, 1.165) is 68.2 Å². The number of carbonyl (C=O) groups is 1. The number of nitrogens with zero attached hydrogens (tertiary/aromatic N) is 3. The molecule has 1 aliphatic carbocycles. The van der Waals surface area contributed by atoms with Crippen LogP contribution >= 0.6 is 0 Å². The highest BCUT2D eigenvalue weighted by Gasteiger charge is 2.29. The van der Waals surface area contributed by atoms with E-state index in [9.17, 15) is 9.18 Å². The number of piperidine rings is 1. The number of H-pyrrole nitrogens is 1. The van der Waals surface area contributed by atoms with E-state index in [1.165, 1.54) is 23.1 Å². The Balaban J connectivity index is 1.03. The molecule has 1 aromatic carbocycles. The Bertz CT molecular complexity index is 1380. The molecule has 37 heavy (non-hydrogen) atoms. The predicted octanol–water partition coefficient (Wildman–Crippen LogP) is 6.23. The van der Waals surface area contributed by atoms with Gasteiger partial charge in [0.2, 0.25) is 5.91 Å². The average molecular weight is 501 g/mol. The number of hydrogen-bond donors (Lipinski definition) is 1. The lowest BCUT2D eigenvalue weighted by Crippen LogP contribution is -2.42. The average Bonchev–Trinajstić information content (AvgIpc) is 3.42. The monoisotopic (exact) mass is 500 g/mol. The van der Waals surface area contributed by atoms with Gasteiger partial charge in [0.15, 0.2) is 5.65 Å². The van der Waals surface area contributed by atoms with Crippen LogP contribution in [0, 0.1) is 17.7 Å². The van der Waals surface area contributed by atoms with Crippen LogP contribution in [0.3, 0.4) is 0 Å². The van der Waals surface area contributed by atoms with Crippen LogP contribution in [0.15, 0.2) is 55.0 Å². The molecule has 6 nitrogen and oxygen atoms in total. The summed E-state index contributed by atoms with van der Waals surface area (Å²) in [5.41, 5.74) is 3.23. The molecule has 1 N–H and O–H groups in total. The van der Waals surface area contributed by atoms with Crippen LogP contribution in [0.1, 0.15) is 56.4 Å². The lowest BCUT2D eigenvalue weighted by Gasteiger charge is -2.35. The molecule has 1 unspecified atom stereocenters. The van der Waals surface area contributed by atoms with Gasteiger partial charge in [0.05, 0.1) is 18.3 Å². The third-order valence-corrected chi connectivity index (χ3v) is 8.24. The zero-order valence-corrected chi connectivity index (χ0v) is 21.0. The minimum absolute atomic E-state index is 0.264. The van der Waals surface area contributed by atoms with Crippen LogP contribution in [0.5, 0.6) is 5.75 Å². The molecule has 1 saturated carbocycles. The van der Waals surface area contributed by atoms with Crippen molar-refractivity contribution in [2.24, 2.45) is 11.8 Å². The number of rotatable bonds is 6. The SMILES string of the molecule is O=C(CC1CCC(c2cc[nH]c3cnc4nccc4c23)CC1)N1CCCC(COc2ccc(F)cc2)C1. The molecule has 1 amide bonds. The van der Waals surface area contributed by atoms with Crippen molar-refractivity contribution < 1.29 is 13.9 Å². The van der Waals surface area contributed by atoms with E-state index in [2.05, 4.69) is 27.1 Å². The van der Waals surface area contributed by atoms with Crippen LogP contribution < -0.4 is 4.74 Å². The van der Waals surface area contributed by atoms with E-state index in [4.69, 9.17) is 4.74 Å². The molecule has 1 aliphatic heterocycles. The van der Waals surface area contributed by atoms with Gasteiger partial charge < -0.3 is 14.6 Å². The van der Waals surface area contributed by atoms with Crippen molar-refractivity contribution in [2.45, 2.75) is 50.9 Å². The summed E-state index contributed by atoms with van der Waals surface area (Å²) in [5.74, 6) is 1.96. The lowest BCUT2D eigenvalue weighted by atomic mass is 9.76. The molecule has 1 saturated heterocycles. The Kier molecular flexibility index (Phi) is 6.77. The second-order valence-corrected chi connectivity index (χ2v) is 10.7. The van der Waals surface area contributed by atoms with Crippen LogP contribution in [0.25, 0.3) is 21.9 Å². The number of nitrogens with one attached hydrogen (secondary N) is 1. The predicted molar refractivity (Wildman–Crippen MR) is 142 cm³/mol. The molecule has 7 heteroatoms. The summed E-state index contributed by atoms with van der Waals surface area (Å²) >= 11 is 0. The fourth-order valence-electron chi connectivity index (χ4n) is 6.25. The summed E-state index contributed by atoms with van der Waals surface area (Å²) < 4.78 is 19.0. The van der Waals surface area contributed by atoms with Crippen molar-refractivity contribution >= 4 is 27.8 Å². The van der Waals surface area contributed by atoms with Crippen molar-refractivity contribution in [3.63, 3.8) is 0 Å². The van der Waals surface area contributed by atoms with Gasteiger partial charge in [0.25, 0.3) is 0 Å². The third-order valence-electron chi connectivity index (χ3n) is 8.24. The second kappa shape index (κ2) is 10.5. The highest BCUT2D eigenvalue weighted by molar-refractivity contribution is 6.05. The normalized spacial score (nSPS) is 22.4. The highest BCUT2D eigenvalue weighted by Crippen LogP contribution is 2.41. The van der Waals surface area contributed by atoms with Crippen molar-refractivity contribution in [3.8, 4) is 5.75 Å². The van der Waals surface area contributed by atoms with Crippen LogP contribution in [0.2, 0.25) is 0 Å². The van der Waals surface area contributed by atoms with Gasteiger partial charge in [-0.3, -0.25) is 4.79 Å². The van der Waals surface area contributed by atoms with Gasteiger partial charge in [0.1, 0.15) is 11.6 Å². The number of benzene rings is 1. The largest absolute Gasteiger partial charge is 0.493 e. The number of ether oxygens (including phenoxy) is 1. The van der Waals surface area contributed by atoms with Gasteiger partial charge >= 0.3 is 0 Å². The summed E-state index contributed by atoms with van der Waals surface area (Å²) in [4.78, 5) is 27.4. The highest BCUT2D eigenvalue weighted by atomic mass is 19.1. The summed E-state index contributed by atoms with van der Waals surface area (Å²) in [7, 11) is 0. The van der Waals surface area contributed by atoms with Crippen LogP contribution in [0.4, 0.5) is 4.39 Å². The van der Waals surface area contributed by atoms with Crippen molar-refractivity contribution in [1.82, 2.24) is 19.9 Å². The minimum Gasteiger partial charge on any atom is -0.493 e. The van der Waals surface area contributed by atoms with Crippen LogP contribution in [-0.4, -0.2) is 45.5 Å². The first-order valence-electron chi connectivity index (χ1n) is 13.5. The molecular formula is C30H33FN4O2. The zero-order valence-electron chi connectivity index (χ0n) is 21.0. The standard InChI is InChI=1S/C30H33FN4O2/c31-23-7-9-24(10-8-23)37-19-21-2-1-15-35(18-21)28(36)16-20-3-5-22(6-4-20)25-11-13-32-27-17-34-30-26(29(25)27)12-14-33-30/h7-14,17,20-22,32H,1-6,15-16,18-19H2. The van der Waals surface area contributed by atoms with Gasteiger partial charge in [-0.15, -0.1) is 0 Å². The van der Waals surface area contributed by atoms with Gasteiger partial charge in [-0.05, 0) is 92.3 Å². The maximum absolute atomic E-state index is 13.2. The van der Waals surface area contributed by atoms with Crippen molar-refractivity contribution in [2.75, 3.05) is 19.7 Å². The molecule has 4 aromatic rings. The van der Waals surface area contributed by atoms with Gasteiger partial charge in [-0.2, -0.15) is 0 Å². The molecular weight excluding hydrogens is 467 g/mol. The Morgan fingerprint density at radius 1 is 1.03 bits per heavy atom. The van der Waals surface area contributed by atoms with E-state index in [1.54, 1.807) is 12.1 Å². The summed E-state index contributed by atoms with van der Waals surface area (Å²) in [6.07, 6.45) is 12.8. The number of likely N-dealkylation sites (tertiary alicyclic amines) is 1. The smallest absolute Gasteiger partial charge is 0.222 e. The first kappa shape index (κ1) is 23.9. The molecule has 4 heterocycles. The van der Waals surface area contributed by atoms with Gasteiger partial charge in [-0.25, -0.2) is 14.4 Å². The van der Waals surface area contributed by atoms with Gasteiger partial charge in [-0.1, -0.05) is 0 Å². The Morgan fingerprint density at radius 3 is 2.70 bits per heavy atom. The van der Waals surface area contributed by atoms with E-state index in [-0.39, 0.29) is 11.7 Å². The molecule has 0 spiro atoms. The number of aromatic amines is 1. The first-order chi connectivity index (χ1) is 18.1. The molecule has 1 atom stereocenters. The summed E-state index contributed by atoms with van der Waals surface area (Å²) in [6.45, 7) is 2.15. The fourth-order valence-corrected chi connectivity index (χ4v) is 6.25. The molecule has 192 valence electrons. The van der Waals surface area contributed by atoms with Gasteiger partial charge in [0, 0.05) is 48.6 Å². The van der Waals surface area contributed by atoms with E-state index in [0.29, 0.717) is 36.5 Å². The molecule has 3 aromatic heterocycles. The number of fused-ring (bicyclic) bond motifs is 3. The number of pyridine rings is 2. The van der Waals surface area contributed by atoms with Crippen molar-refractivity contribution in [3.05, 3.63) is 66.4 Å². The molecule has 2 fully saturated rings. The Labute approximate surface area is 216 Å². The number of hydrogen-bond acceptors (Lipinski definition) is 4. The second-order valence-electron chi connectivity index (χ2n) is 10.7. The maximum Gasteiger partial charge on any atom is 0.222 e. The first-order valence-corrected chi connectivity index (χ1v) is 13.5. The summed E-state index contributed by atoms with van der Waals surface area (Å²) in [5, 5.41) is 2.36. The number of amides is 1. The maximum atomic E-state index is 13.2. The lowest BCUT2D eigenvalue weighted by molar-refractivity contribution is -0.134. The summed E-state index contributed by atoms with van der Waals surface area (Å²) in [6, 6.07) is 10.4. The van der Waals surface area contributed by atoms with E-state index < -0.39 is 0 Å². The zero-order chi connectivity index (χ0) is 25.2. The van der Waals surface area contributed by atoms with E-state index in [1.807, 2.05) is 23.5 Å². The quantitative estimate of drug-likeness (QED) is 0.341. The minimum atomic E-state index is -0.264. The van der Waals surface area contributed by atoms with Crippen LogP contribution in [-0.2, 0) is 4.79 Å². The third kappa shape index (κ3) is 5.17. The van der Waals surface area contributed by atoms with E-state index >= 15 is 0 Å². The molecule has 0 radical (unpaired) electrons. The molecule has 6 rings (SSSR count). The molecule has 2 aliphatic rings. The molecule has 0 bridgehead atoms. The Hall–Kier alpha value is -3.48. The topological polar surface area (TPSA) is 71.1 Å². The fraction of sp³-hybridized carbons (Fsp3) is 0.433. The number of halogens is 1. The van der Waals surface area contributed by atoms with Crippen molar-refractivity contribution in [1.29, 1.82) is 0 Å².